The topological polar surface area (TPSA) is 66.0 Å². The van der Waals surface area contributed by atoms with E-state index >= 15 is 0 Å². The zero-order valence-electron chi connectivity index (χ0n) is 12.9. The fourth-order valence-corrected chi connectivity index (χ4v) is 2.16. The maximum absolute atomic E-state index is 12.1. The molecule has 3 rings (SSSR count). The maximum Gasteiger partial charge on any atom is 0.259 e. The molecule has 1 heterocycles. The Morgan fingerprint density at radius 3 is 2.48 bits per heavy atom. The Bertz CT molecular complexity index is 968. The van der Waals surface area contributed by atoms with Crippen molar-refractivity contribution in [1.82, 2.24) is 9.97 Å². The van der Waals surface area contributed by atoms with E-state index in [9.17, 15) is 9.90 Å². The summed E-state index contributed by atoms with van der Waals surface area (Å²) in [5.74, 6) is 6.20. The molecule has 2 N–H and O–H groups in total. The van der Waals surface area contributed by atoms with Crippen molar-refractivity contribution >= 4 is 10.9 Å². The highest BCUT2D eigenvalue weighted by atomic mass is 16.3. The Labute approximate surface area is 133 Å². The maximum atomic E-state index is 12.1. The van der Waals surface area contributed by atoms with E-state index in [0.29, 0.717) is 16.7 Å². The van der Waals surface area contributed by atoms with E-state index in [1.165, 1.54) is 0 Å². The number of rotatable bonds is 1. The summed E-state index contributed by atoms with van der Waals surface area (Å²) < 4.78 is 0. The average molecular weight is 304 g/mol. The van der Waals surface area contributed by atoms with Gasteiger partial charge in [-0.3, -0.25) is 4.79 Å². The normalized spacial score (nSPS) is 11.1. The lowest BCUT2D eigenvalue weighted by Crippen LogP contribution is -2.14. The van der Waals surface area contributed by atoms with Crippen molar-refractivity contribution in [3.63, 3.8) is 0 Å². The van der Waals surface area contributed by atoms with E-state index in [1.54, 1.807) is 19.9 Å². The minimum absolute atomic E-state index is 0.156. The van der Waals surface area contributed by atoms with Crippen LogP contribution in [0, 0.1) is 11.8 Å². The van der Waals surface area contributed by atoms with Gasteiger partial charge < -0.3 is 10.1 Å². The molecule has 4 heteroatoms. The molecular formula is C19H16N2O2. The van der Waals surface area contributed by atoms with Crippen LogP contribution in [0.25, 0.3) is 22.3 Å². The first kappa shape index (κ1) is 15.0. The molecule has 114 valence electrons. The van der Waals surface area contributed by atoms with Crippen molar-refractivity contribution in [1.29, 1.82) is 0 Å². The van der Waals surface area contributed by atoms with Crippen LogP contribution in [-0.4, -0.2) is 20.7 Å². The van der Waals surface area contributed by atoms with Crippen molar-refractivity contribution in [2.24, 2.45) is 0 Å². The Balaban J connectivity index is 1.99. The summed E-state index contributed by atoms with van der Waals surface area (Å²) in [5, 5.41) is 10.2. The number of H-pyrrole nitrogens is 1. The number of nitrogens with one attached hydrogen (secondary N) is 1. The molecular weight excluding hydrogens is 288 g/mol. The molecule has 0 aliphatic carbocycles. The van der Waals surface area contributed by atoms with Gasteiger partial charge in [0.05, 0.1) is 10.9 Å². The van der Waals surface area contributed by atoms with Crippen LogP contribution in [0.5, 0.6) is 0 Å². The Kier molecular flexibility index (Phi) is 3.73. The van der Waals surface area contributed by atoms with Crippen molar-refractivity contribution < 1.29 is 5.11 Å². The number of aromatic nitrogens is 2. The van der Waals surface area contributed by atoms with Gasteiger partial charge in [0, 0.05) is 11.1 Å². The molecule has 2 aromatic carbocycles. The van der Waals surface area contributed by atoms with Crippen molar-refractivity contribution in [3.8, 4) is 23.2 Å². The molecule has 0 saturated carbocycles. The predicted molar refractivity (Wildman–Crippen MR) is 91.0 cm³/mol. The van der Waals surface area contributed by atoms with Crippen LogP contribution in [0.15, 0.2) is 53.3 Å². The first-order valence-electron chi connectivity index (χ1n) is 7.27. The second-order valence-electron chi connectivity index (χ2n) is 5.82. The molecule has 3 aromatic rings. The van der Waals surface area contributed by atoms with Crippen LogP contribution in [0.2, 0.25) is 0 Å². The fraction of sp³-hybridized carbons (Fsp3) is 0.158. The summed E-state index contributed by atoms with van der Waals surface area (Å²) in [6, 6.07) is 14.6. The van der Waals surface area contributed by atoms with Gasteiger partial charge in [-0.2, -0.15) is 0 Å². The monoisotopic (exact) mass is 304 g/mol. The summed E-state index contributed by atoms with van der Waals surface area (Å²) in [6.45, 7) is 3.27. The highest BCUT2D eigenvalue weighted by Crippen LogP contribution is 2.16. The van der Waals surface area contributed by atoms with Gasteiger partial charge in [-0.25, -0.2) is 4.98 Å². The Morgan fingerprint density at radius 2 is 1.78 bits per heavy atom. The largest absolute Gasteiger partial charge is 0.378 e. The second kappa shape index (κ2) is 5.71. The van der Waals surface area contributed by atoms with E-state index in [1.807, 2.05) is 42.5 Å². The summed E-state index contributed by atoms with van der Waals surface area (Å²) in [6.07, 6.45) is 0. The lowest BCUT2D eigenvalue weighted by molar-refractivity contribution is 0.143. The molecule has 0 aliphatic rings. The number of fused-ring (bicyclic) bond motifs is 1. The zero-order valence-corrected chi connectivity index (χ0v) is 12.9. The van der Waals surface area contributed by atoms with Crippen LogP contribution in [0.3, 0.4) is 0 Å². The summed E-state index contributed by atoms with van der Waals surface area (Å²) in [7, 11) is 0. The first-order chi connectivity index (χ1) is 10.9. The van der Waals surface area contributed by atoms with Crippen molar-refractivity contribution in [2.75, 3.05) is 0 Å². The van der Waals surface area contributed by atoms with Crippen molar-refractivity contribution in [2.45, 2.75) is 19.4 Å². The van der Waals surface area contributed by atoms with E-state index in [2.05, 4.69) is 21.8 Å². The smallest absolute Gasteiger partial charge is 0.259 e. The Morgan fingerprint density at radius 1 is 1.09 bits per heavy atom. The molecule has 0 amide bonds. The molecule has 0 saturated heterocycles. The highest BCUT2D eigenvalue weighted by molar-refractivity contribution is 5.79. The molecule has 0 spiro atoms. The van der Waals surface area contributed by atoms with E-state index < -0.39 is 5.60 Å². The summed E-state index contributed by atoms with van der Waals surface area (Å²) in [4.78, 5) is 19.4. The molecule has 0 radical (unpaired) electrons. The summed E-state index contributed by atoms with van der Waals surface area (Å²) in [5.41, 5.74) is 1.08. The highest BCUT2D eigenvalue weighted by Gasteiger charge is 2.07. The summed E-state index contributed by atoms with van der Waals surface area (Å²) >= 11 is 0. The van der Waals surface area contributed by atoms with Gasteiger partial charge in [-0.05, 0) is 38.1 Å². The van der Waals surface area contributed by atoms with Gasteiger partial charge in [-0.15, -0.1) is 0 Å². The van der Waals surface area contributed by atoms with Gasteiger partial charge in [0.1, 0.15) is 11.4 Å². The number of nitrogens with zero attached hydrogens (tertiary/aromatic N) is 1. The van der Waals surface area contributed by atoms with Crippen LogP contribution in [-0.2, 0) is 0 Å². The first-order valence-corrected chi connectivity index (χ1v) is 7.27. The molecule has 0 fully saturated rings. The van der Waals surface area contributed by atoms with Crippen molar-refractivity contribution in [3.05, 3.63) is 64.4 Å². The van der Waals surface area contributed by atoms with Gasteiger partial charge in [-0.1, -0.05) is 36.1 Å². The average Bonchev–Trinajstić information content (AvgIpc) is 2.53. The minimum atomic E-state index is -1.02. The molecule has 23 heavy (non-hydrogen) atoms. The molecule has 1 aromatic heterocycles. The third-order valence-electron chi connectivity index (χ3n) is 3.28. The van der Waals surface area contributed by atoms with Crippen LogP contribution >= 0.6 is 0 Å². The van der Waals surface area contributed by atoms with Gasteiger partial charge >= 0.3 is 0 Å². The lowest BCUT2D eigenvalue weighted by atomic mass is 10.1. The molecule has 0 unspecified atom stereocenters. The van der Waals surface area contributed by atoms with E-state index in [4.69, 9.17) is 0 Å². The number of aromatic amines is 1. The molecule has 0 atom stereocenters. The quantitative estimate of drug-likeness (QED) is 0.679. The van der Waals surface area contributed by atoms with Crippen LogP contribution in [0.1, 0.15) is 19.4 Å². The van der Waals surface area contributed by atoms with Crippen LogP contribution < -0.4 is 5.56 Å². The standard InChI is InChI=1S/C19H16N2O2/c1-19(2,23)12-11-13-7-9-14(10-8-13)17-20-16-6-4-3-5-15(16)18(22)21-17/h3-10,23H,1-2H3,(H,20,21,22). The van der Waals surface area contributed by atoms with Gasteiger partial charge in [0.2, 0.25) is 0 Å². The molecule has 0 aliphatic heterocycles. The molecule has 4 nitrogen and oxygen atoms in total. The van der Waals surface area contributed by atoms with Gasteiger partial charge in [0.25, 0.3) is 5.56 Å². The number of aliphatic hydroxyl groups is 1. The minimum Gasteiger partial charge on any atom is -0.378 e. The molecule has 0 bridgehead atoms. The van der Waals surface area contributed by atoms with Crippen LogP contribution in [0.4, 0.5) is 0 Å². The third kappa shape index (κ3) is 3.47. The van der Waals surface area contributed by atoms with E-state index in [-0.39, 0.29) is 5.56 Å². The zero-order chi connectivity index (χ0) is 16.4. The fourth-order valence-electron chi connectivity index (χ4n) is 2.16. The Hall–Kier alpha value is -2.90. The third-order valence-corrected chi connectivity index (χ3v) is 3.28. The number of benzene rings is 2. The number of para-hydroxylation sites is 1. The van der Waals surface area contributed by atoms with Gasteiger partial charge in [0.15, 0.2) is 0 Å². The SMILES string of the molecule is CC(C)(O)C#Cc1ccc(-c2nc3ccccc3c(=O)[nH]2)cc1. The van der Waals surface area contributed by atoms with E-state index in [0.717, 1.165) is 11.1 Å². The second-order valence-corrected chi connectivity index (χ2v) is 5.82. The number of hydrogen-bond acceptors (Lipinski definition) is 3. The number of hydrogen-bond donors (Lipinski definition) is 2. The predicted octanol–water partition coefficient (Wildman–Crippen LogP) is 2.71. The lowest BCUT2D eigenvalue weighted by Gasteiger charge is -2.06.